The van der Waals surface area contributed by atoms with E-state index in [0.717, 1.165) is 135 Å². The molecule has 2 unspecified atom stereocenters. The Balaban J connectivity index is 5.41. The molecule has 0 aliphatic heterocycles. The number of rotatable bonds is 78. The predicted octanol–water partition coefficient (Wildman–Crippen LogP) is 24.3. The van der Waals surface area contributed by atoms with Crippen molar-refractivity contribution in [3.63, 3.8) is 0 Å². The Bertz CT molecular complexity index is 2350. The van der Waals surface area contributed by atoms with Gasteiger partial charge in [0.1, 0.15) is 19.3 Å². The zero-order valence-electron chi connectivity index (χ0n) is 65.9. The lowest BCUT2D eigenvalue weighted by Gasteiger charge is -2.21. The Hall–Kier alpha value is -4.02. The molecule has 0 heterocycles. The lowest BCUT2D eigenvalue weighted by Crippen LogP contribution is -2.30. The SMILES string of the molecule is CCCCC/C=C\C/C=C\C/C=C\C/C=C\CCCC(=O)O[C@H](COC(=O)CCCCCCC/C=C\C/C=C\CCCCC)COP(=O)(O)OC[C@H](O)COP(=O)(O)OC[C@@H](COC(=O)CCCCCCCCCCCCCCCCCCC)OC(=O)CCCCCCC/C=C\C/C=C\CCCCC. The molecule has 5 atom stereocenters. The average Bonchev–Trinajstić information content (AvgIpc) is 1.07. The number of carbonyl (C=O) groups is 4. The van der Waals surface area contributed by atoms with E-state index in [2.05, 4.69) is 113 Å². The second-order valence-electron chi connectivity index (χ2n) is 27.7. The summed E-state index contributed by atoms with van der Waals surface area (Å²) in [4.78, 5) is 73.1. The highest BCUT2D eigenvalue weighted by atomic mass is 31.2. The molecule has 0 radical (unpaired) electrons. The van der Waals surface area contributed by atoms with Crippen LogP contribution in [0.3, 0.4) is 0 Å². The molecule has 0 aromatic carbocycles. The van der Waals surface area contributed by atoms with Crippen LogP contribution in [0.1, 0.15) is 362 Å². The summed E-state index contributed by atoms with van der Waals surface area (Å²) in [5, 5.41) is 10.7. The second-order valence-corrected chi connectivity index (χ2v) is 30.6. The van der Waals surface area contributed by atoms with Crippen molar-refractivity contribution in [3.8, 4) is 0 Å². The van der Waals surface area contributed by atoms with E-state index in [-0.39, 0.29) is 25.7 Å². The molecule has 0 fully saturated rings. The van der Waals surface area contributed by atoms with Crippen molar-refractivity contribution in [2.24, 2.45) is 0 Å². The minimum atomic E-state index is -5.00. The van der Waals surface area contributed by atoms with E-state index in [1.807, 2.05) is 12.2 Å². The van der Waals surface area contributed by atoms with Gasteiger partial charge in [0, 0.05) is 25.7 Å². The first-order valence-corrected chi connectivity index (χ1v) is 44.5. The molecular weight excluding hydrogens is 1350 g/mol. The van der Waals surface area contributed by atoms with E-state index >= 15 is 0 Å². The third kappa shape index (κ3) is 76.2. The van der Waals surface area contributed by atoms with Gasteiger partial charge in [-0.25, -0.2) is 9.13 Å². The minimum Gasteiger partial charge on any atom is -0.462 e. The Morgan fingerprint density at radius 2 is 0.481 bits per heavy atom. The Labute approximate surface area is 633 Å². The molecule has 0 bridgehead atoms. The number of phosphoric acid groups is 2. The van der Waals surface area contributed by atoms with Crippen molar-refractivity contribution >= 4 is 39.5 Å². The maximum atomic E-state index is 13.1. The second kappa shape index (κ2) is 77.1. The lowest BCUT2D eigenvalue weighted by molar-refractivity contribution is -0.161. The van der Waals surface area contributed by atoms with Crippen molar-refractivity contribution in [1.82, 2.24) is 0 Å². The molecule has 0 saturated carbocycles. The number of carbonyl (C=O) groups excluding carboxylic acids is 4. The molecule has 0 spiro atoms. The van der Waals surface area contributed by atoms with Gasteiger partial charge >= 0.3 is 39.5 Å². The molecule has 0 aliphatic rings. The number of allylic oxidation sites excluding steroid dienone is 16. The fourth-order valence-electron chi connectivity index (χ4n) is 11.2. The number of ether oxygens (including phenoxy) is 4. The van der Waals surface area contributed by atoms with Crippen LogP contribution in [0.15, 0.2) is 97.2 Å². The maximum Gasteiger partial charge on any atom is 0.472 e. The summed E-state index contributed by atoms with van der Waals surface area (Å²) in [5.41, 5.74) is 0. The highest BCUT2D eigenvalue weighted by molar-refractivity contribution is 7.47. The molecule has 3 N–H and O–H groups in total. The average molecular weight is 1510 g/mol. The summed E-state index contributed by atoms with van der Waals surface area (Å²) in [6, 6.07) is 0. The number of aliphatic hydroxyl groups excluding tert-OH is 1. The normalized spacial score (nSPS) is 14.3. The fraction of sp³-hybridized carbons (Fsp3) is 0.765. The molecule has 602 valence electrons. The third-order valence-electron chi connectivity index (χ3n) is 17.5. The molecule has 0 amide bonds. The van der Waals surface area contributed by atoms with Gasteiger partial charge in [-0.2, -0.15) is 0 Å². The van der Waals surface area contributed by atoms with Gasteiger partial charge in [-0.3, -0.25) is 37.3 Å². The number of aliphatic hydroxyl groups is 1. The summed E-state index contributed by atoms with van der Waals surface area (Å²) < 4.78 is 68.6. The van der Waals surface area contributed by atoms with Crippen LogP contribution in [0.25, 0.3) is 0 Å². The summed E-state index contributed by atoms with van der Waals surface area (Å²) in [6.07, 6.45) is 82.4. The summed E-state index contributed by atoms with van der Waals surface area (Å²) in [5.74, 6) is -2.25. The Kier molecular flexibility index (Phi) is 74.2. The van der Waals surface area contributed by atoms with Gasteiger partial charge in [0.05, 0.1) is 26.4 Å². The number of unbranched alkanes of at least 4 members (excludes halogenated alkanes) is 36. The highest BCUT2D eigenvalue weighted by Gasteiger charge is 2.30. The molecule has 0 aromatic heterocycles. The first-order chi connectivity index (χ1) is 50.7. The van der Waals surface area contributed by atoms with Gasteiger partial charge in [0.2, 0.25) is 0 Å². The summed E-state index contributed by atoms with van der Waals surface area (Å²) in [6.45, 7) is 4.76. The van der Waals surface area contributed by atoms with Crippen molar-refractivity contribution in [3.05, 3.63) is 97.2 Å². The van der Waals surface area contributed by atoms with Crippen molar-refractivity contribution < 1.29 is 80.2 Å². The topological polar surface area (TPSA) is 237 Å². The van der Waals surface area contributed by atoms with Crippen LogP contribution >= 0.6 is 15.6 Å². The zero-order chi connectivity index (χ0) is 76.0. The van der Waals surface area contributed by atoms with E-state index in [1.165, 1.54) is 141 Å². The predicted molar refractivity (Wildman–Crippen MR) is 427 cm³/mol. The van der Waals surface area contributed by atoms with E-state index < -0.39 is 97.5 Å². The minimum absolute atomic E-state index is 0.0161. The smallest absolute Gasteiger partial charge is 0.462 e. The van der Waals surface area contributed by atoms with E-state index in [0.29, 0.717) is 32.1 Å². The maximum absolute atomic E-state index is 13.1. The van der Waals surface area contributed by atoms with Gasteiger partial charge in [-0.1, -0.05) is 305 Å². The lowest BCUT2D eigenvalue weighted by atomic mass is 10.0. The number of esters is 4. The summed E-state index contributed by atoms with van der Waals surface area (Å²) >= 11 is 0. The fourth-order valence-corrected chi connectivity index (χ4v) is 12.7. The monoisotopic (exact) mass is 1510 g/mol. The van der Waals surface area contributed by atoms with Crippen LogP contribution in [0.2, 0.25) is 0 Å². The first-order valence-electron chi connectivity index (χ1n) is 41.5. The molecule has 0 saturated heterocycles. The van der Waals surface area contributed by atoms with Crippen LogP contribution in [0.5, 0.6) is 0 Å². The summed E-state index contributed by atoms with van der Waals surface area (Å²) in [7, 11) is -9.98. The molecule has 19 heteroatoms. The Morgan fingerprint density at radius 1 is 0.269 bits per heavy atom. The standard InChI is InChI=1S/C85H150O17P2/c1-5-9-13-17-21-25-29-33-37-39-43-46-50-54-58-62-66-70-83(88)96-76-80(101-84(89)71-67-63-59-55-51-47-42-36-32-28-24-20-16-12-8-4)77-99-103(91,92)97-73-79(86)74-98-104(93,94)100-78-81(75-95-82(87)69-65-61-57-53-49-45-41-35-31-27-23-19-15-11-7-3)102-85(90)72-68-64-60-56-52-48-44-40-38-34-30-26-22-18-14-10-6-2/h22-24,26-28,34-36,38,41-42,44,48,56,60,79-81,86H,5-21,25,29-33,37,39-40,43,45-47,49-55,57-59,61-78H2,1-4H3,(H,91,92)(H,93,94)/b26-22-,27-23-,28-24-,38-34-,41-35-,42-36-,48-44-,60-56-/t79-,80-,81-/m1/s1. The van der Waals surface area contributed by atoms with Crippen LogP contribution in [0, 0.1) is 0 Å². The van der Waals surface area contributed by atoms with Crippen LogP contribution in [-0.2, 0) is 65.4 Å². The van der Waals surface area contributed by atoms with Crippen molar-refractivity contribution in [2.75, 3.05) is 39.6 Å². The highest BCUT2D eigenvalue weighted by Crippen LogP contribution is 2.45. The quantitative estimate of drug-likeness (QED) is 0.0169. The van der Waals surface area contributed by atoms with Gasteiger partial charge in [0.25, 0.3) is 0 Å². The van der Waals surface area contributed by atoms with E-state index in [9.17, 15) is 43.2 Å². The third-order valence-corrected chi connectivity index (χ3v) is 19.4. The molecule has 0 aliphatic carbocycles. The van der Waals surface area contributed by atoms with Crippen molar-refractivity contribution in [2.45, 2.75) is 380 Å². The molecule has 0 aromatic rings. The molecular formula is C85H150O17P2. The van der Waals surface area contributed by atoms with Crippen LogP contribution in [-0.4, -0.2) is 96.7 Å². The van der Waals surface area contributed by atoms with Crippen LogP contribution in [0.4, 0.5) is 0 Å². The van der Waals surface area contributed by atoms with Crippen LogP contribution < -0.4 is 0 Å². The van der Waals surface area contributed by atoms with E-state index in [4.69, 9.17) is 37.0 Å². The van der Waals surface area contributed by atoms with Crippen molar-refractivity contribution in [1.29, 1.82) is 0 Å². The van der Waals surface area contributed by atoms with Gasteiger partial charge in [-0.05, 0) is 128 Å². The van der Waals surface area contributed by atoms with Gasteiger partial charge in [0.15, 0.2) is 12.2 Å². The first kappa shape index (κ1) is 100.0. The zero-order valence-corrected chi connectivity index (χ0v) is 67.7. The van der Waals surface area contributed by atoms with E-state index in [1.54, 1.807) is 0 Å². The molecule has 0 rings (SSSR count). The largest absolute Gasteiger partial charge is 0.472 e. The number of hydrogen-bond donors (Lipinski definition) is 3. The molecule has 17 nitrogen and oxygen atoms in total. The van der Waals surface area contributed by atoms with Gasteiger partial charge in [-0.15, -0.1) is 0 Å². The van der Waals surface area contributed by atoms with Gasteiger partial charge < -0.3 is 33.8 Å². The molecule has 104 heavy (non-hydrogen) atoms. The Morgan fingerprint density at radius 3 is 0.779 bits per heavy atom. The number of phosphoric ester groups is 2. The number of hydrogen-bond acceptors (Lipinski definition) is 15.